The molecule has 0 saturated heterocycles. The highest BCUT2D eigenvalue weighted by Crippen LogP contribution is 2.65. The van der Waals surface area contributed by atoms with Crippen molar-refractivity contribution in [1.82, 2.24) is 25.1 Å². The van der Waals surface area contributed by atoms with Gasteiger partial charge in [-0.3, -0.25) is 9.89 Å². The zero-order valence-corrected chi connectivity index (χ0v) is 21.4. The molecular weight excluding hydrogens is 502 g/mol. The van der Waals surface area contributed by atoms with Crippen molar-refractivity contribution in [2.24, 2.45) is 0 Å². The van der Waals surface area contributed by atoms with Crippen molar-refractivity contribution in [1.29, 1.82) is 0 Å². The molecule has 38 heavy (non-hydrogen) atoms. The van der Waals surface area contributed by atoms with Crippen molar-refractivity contribution < 1.29 is 14.3 Å². The van der Waals surface area contributed by atoms with Crippen molar-refractivity contribution in [3.63, 3.8) is 0 Å². The predicted octanol–water partition coefficient (Wildman–Crippen LogP) is 5.00. The van der Waals surface area contributed by atoms with E-state index in [9.17, 15) is 4.79 Å². The SMILES string of the molecule is CCOc1cnc(-c2nccs2)nc1Nc1n[nH]c2cc([C@@H]3C[C@@]34C(=O)Nc3ccc(OC)cc34)ccc12. The average molecular weight is 526 g/mol. The van der Waals surface area contributed by atoms with E-state index in [1.807, 2.05) is 36.6 Å². The summed E-state index contributed by atoms with van der Waals surface area (Å²) in [4.78, 5) is 26.4. The maximum absolute atomic E-state index is 13.1. The van der Waals surface area contributed by atoms with Gasteiger partial charge in [-0.05, 0) is 54.8 Å². The first kappa shape index (κ1) is 22.7. The number of anilines is 3. The van der Waals surface area contributed by atoms with Gasteiger partial charge in [0, 0.05) is 28.6 Å². The van der Waals surface area contributed by atoms with Crippen LogP contribution in [0.25, 0.3) is 21.7 Å². The largest absolute Gasteiger partial charge is 0.497 e. The molecule has 0 radical (unpaired) electrons. The highest BCUT2D eigenvalue weighted by molar-refractivity contribution is 7.13. The Bertz CT molecular complexity index is 1700. The zero-order chi connectivity index (χ0) is 25.9. The first-order chi connectivity index (χ1) is 18.6. The van der Waals surface area contributed by atoms with Crippen LogP contribution in [-0.4, -0.2) is 44.8 Å². The lowest BCUT2D eigenvalue weighted by Gasteiger charge is -2.11. The molecule has 7 rings (SSSR count). The van der Waals surface area contributed by atoms with Gasteiger partial charge in [0.05, 0.1) is 30.8 Å². The molecule has 1 aliphatic heterocycles. The lowest BCUT2D eigenvalue weighted by Crippen LogP contribution is -2.21. The molecule has 10 nitrogen and oxygen atoms in total. The molecule has 2 atom stereocenters. The molecule has 3 aromatic heterocycles. The van der Waals surface area contributed by atoms with Crippen molar-refractivity contribution in [3.05, 3.63) is 65.3 Å². The molecule has 1 spiro atoms. The molecule has 0 bridgehead atoms. The molecule has 1 amide bonds. The van der Waals surface area contributed by atoms with E-state index in [-0.39, 0.29) is 11.8 Å². The van der Waals surface area contributed by atoms with E-state index in [1.165, 1.54) is 11.3 Å². The number of benzene rings is 2. The molecule has 190 valence electrons. The molecule has 0 unspecified atom stereocenters. The Hall–Kier alpha value is -4.51. The summed E-state index contributed by atoms with van der Waals surface area (Å²) in [6.07, 6.45) is 4.12. The number of nitrogens with zero attached hydrogens (tertiary/aromatic N) is 4. The van der Waals surface area contributed by atoms with E-state index in [0.29, 0.717) is 29.8 Å². The Morgan fingerprint density at radius 2 is 2.11 bits per heavy atom. The maximum Gasteiger partial charge on any atom is 0.235 e. The summed E-state index contributed by atoms with van der Waals surface area (Å²) in [6.45, 7) is 2.39. The molecule has 1 fully saturated rings. The number of carbonyl (C=O) groups excluding carboxylic acids is 1. The van der Waals surface area contributed by atoms with Gasteiger partial charge < -0.3 is 20.1 Å². The lowest BCUT2D eigenvalue weighted by atomic mass is 9.91. The summed E-state index contributed by atoms with van der Waals surface area (Å²) >= 11 is 1.47. The van der Waals surface area contributed by atoms with Gasteiger partial charge in [0.15, 0.2) is 28.2 Å². The first-order valence-corrected chi connectivity index (χ1v) is 13.1. The van der Waals surface area contributed by atoms with Gasteiger partial charge in [0.25, 0.3) is 0 Å². The molecule has 1 aliphatic carbocycles. The zero-order valence-electron chi connectivity index (χ0n) is 20.6. The summed E-state index contributed by atoms with van der Waals surface area (Å²) in [7, 11) is 1.64. The molecule has 11 heteroatoms. The van der Waals surface area contributed by atoms with Crippen LogP contribution in [0.5, 0.6) is 11.5 Å². The number of thiazole rings is 1. The number of rotatable bonds is 7. The molecule has 1 saturated carbocycles. The minimum Gasteiger partial charge on any atom is -0.497 e. The fourth-order valence-corrected chi connectivity index (χ4v) is 5.89. The van der Waals surface area contributed by atoms with Gasteiger partial charge in [0.2, 0.25) is 5.91 Å². The second-order valence-electron chi connectivity index (χ2n) is 9.27. The van der Waals surface area contributed by atoms with E-state index in [2.05, 4.69) is 47.9 Å². The van der Waals surface area contributed by atoms with Crippen molar-refractivity contribution in [2.45, 2.75) is 24.7 Å². The number of fused-ring (bicyclic) bond motifs is 3. The smallest absolute Gasteiger partial charge is 0.235 e. The monoisotopic (exact) mass is 525 g/mol. The van der Waals surface area contributed by atoms with Crippen LogP contribution in [0.3, 0.4) is 0 Å². The fraction of sp³-hybridized carbons (Fsp3) is 0.222. The topological polar surface area (TPSA) is 127 Å². The van der Waals surface area contributed by atoms with Gasteiger partial charge in [-0.2, -0.15) is 5.10 Å². The minimum absolute atomic E-state index is 0.0427. The van der Waals surface area contributed by atoms with Gasteiger partial charge >= 0.3 is 0 Å². The Morgan fingerprint density at radius 1 is 1.18 bits per heavy atom. The number of methoxy groups -OCH3 is 1. The van der Waals surface area contributed by atoms with Gasteiger partial charge in [-0.25, -0.2) is 15.0 Å². The van der Waals surface area contributed by atoms with Gasteiger partial charge in [-0.1, -0.05) is 6.07 Å². The van der Waals surface area contributed by atoms with Crippen LogP contribution in [0.1, 0.15) is 30.4 Å². The molecule has 5 aromatic rings. The van der Waals surface area contributed by atoms with Crippen LogP contribution >= 0.6 is 11.3 Å². The quantitative estimate of drug-likeness (QED) is 0.271. The van der Waals surface area contributed by atoms with Crippen LogP contribution in [-0.2, 0) is 10.2 Å². The van der Waals surface area contributed by atoms with Crippen LogP contribution < -0.4 is 20.1 Å². The summed E-state index contributed by atoms with van der Waals surface area (Å²) in [6, 6.07) is 11.9. The van der Waals surface area contributed by atoms with Gasteiger partial charge in [-0.15, -0.1) is 11.3 Å². The van der Waals surface area contributed by atoms with Gasteiger partial charge in [0.1, 0.15) is 5.75 Å². The van der Waals surface area contributed by atoms with E-state index < -0.39 is 5.41 Å². The Kier molecular flexibility index (Phi) is 5.08. The first-order valence-electron chi connectivity index (χ1n) is 12.3. The second-order valence-corrected chi connectivity index (χ2v) is 10.2. The standard InChI is InChI=1S/C27H23N7O3S/c1-3-37-21-13-29-24(25-28-8-9-38-25)32-23(21)31-22-16-6-4-14(10-20(16)33-34-22)18-12-27(18)17-11-15(36-2)5-7-19(17)30-26(27)35/h4-11,13,18H,3,12H2,1-2H3,(H,30,35)(H2,29,31,32,33,34)/t18-,27-/m0/s1. The molecule has 3 N–H and O–H groups in total. The predicted molar refractivity (Wildman–Crippen MR) is 144 cm³/mol. The van der Waals surface area contributed by atoms with Crippen molar-refractivity contribution in [3.8, 4) is 22.3 Å². The summed E-state index contributed by atoms with van der Waals surface area (Å²) < 4.78 is 11.2. The average Bonchev–Trinajstić information content (AvgIpc) is 3.20. The number of nitrogens with one attached hydrogen (secondary N) is 3. The summed E-state index contributed by atoms with van der Waals surface area (Å²) in [5.41, 5.74) is 3.25. The van der Waals surface area contributed by atoms with E-state index in [0.717, 1.165) is 44.9 Å². The van der Waals surface area contributed by atoms with E-state index in [4.69, 9.17) is 9.47 Å². The Labute approximate surface area is 221 Å². The van der Waals surface area contributed by atoms with Crippen molar-refractivity contribution >= 4 is 45.5 Å². The molecule has 2 aromatic carbocycles. The molecule has 2 aliphatic rings. The number of H-pyrrole nitrogens is 1. The summed E-state index contributed by atoms with van der Waals surface area (Å²) in [5, 5.41) is 17.5. The molecular formula is C27H23N7O3S. The number of hydrogen-bond acceptors (Lipinski definition) is 9. The second kappa shape index (κ2) is 8.52. The number of hydrogen-bond donors (Lipinski definition) is 3. The summed E-state index contributed by atoms with van der Waals surface area (Å²) in [5.74, 6) is 3.04. The van der Waals surface area contributed by atoms with Crippen molar-refractivity contribution in [2.75, 3.05) is 24.4 Å². The van der Waals surface area contributed by atoms with E-state index in [1.54, 1.807) is 19.5 Å². The van der Waals surface area contributed by atoms with E-state index >= 15 is 0 Å². The number of carbonyl (C=O) groups is 1. The minimum atomic E-state index is -0.557. The van der Waals surface area contributed by atoms with Crippen LogP contribution in [0, 0.1) is 0 Å². The third kappa shape index (κ3) is 3.42. The number of ether oxygens (including phenoxy) is 2. The lowest BCUT2D eigenvalue weighted by molar-refractivity contribution is -0.118. The third-order valence-electron chi connectivity index (χ3n) is 7.23. The highest BCUT2D eigenvalue weighted by Gasteiger charge is 2.65. The van der Waals surface area contributed by atoms with Crippen LogP contribution in [0.2, 0.25) is 0 Å². The number of amides is 1. The van der Waals surface area contributed by atoms with Crippen LogP contribution in [0.4, 0.5) is 17.3 Å². The maximum atomic E-state index is 13.1. The Morgan fingerprint density at radius 3 is 2.92 bits per heavy atom. The third-order valence-corrected chi connectivity index (χ3v) is 8.00. The van der Waals surface area contributed by atoms with Crippen LogP contribution in [0.15, 0.2) is 54.2 Å². The fourth-order valence-electron chi connectivity index (χ4n) is 5.32. The number of aromatic nitrogens is 5. The Balaban J connectivity index is 1.20. The number of aromatic amines is 1. The normalized spacial score (nSPS) is 19.4. The highest BCUT2D eigenvalue weighted by atomic mass is 32.1. The molecule has 4 heterocycles.